The number of hydrogen-bond acceptors (Lipinski definition) is 4. The van der Waals surface area contributed by atoms with Crippen LogP contribution >= 0.6 is 11.3 Å². The van der Waals surface area contributed by atoms with E-state index >= 15 is 0 Å². The zero-order valence-electron chi connectivity index (χ0n) is 14.8. The molecule has 2 atom stereocenters. The number of carbonyl (C=O) groups excluding carboxylic acids is 1. The molecule has 0 saturated carbocycles. The van der Waals surface area contributed by atoms with E-state index in [1.165, 1.54) is 5.56 Å². The highest BCUT2D eigenvalue weighted by Crippen LogP contribution is 2.28. The first-order valence-corrected chi connectivity index (χ1v) is 9.27. The highest BCUT2D eigenvalue weighted by Gasteiger charge is 2.21. The molecule has 0 spiro atoms. The summed E-state index contributed by atoms with van der Waals surface area (Å²) in [6.07, 6.45) is 0. The van der Waals surface area contributed by atoms with Crippen LogP contribution in [0.15, 0.2) is 54.6 Å². The third-order valence-corrected chi connectivity index (χ3v) is 5.71. The normalized spacial score (nSPS) is 13.6. The lowest BCUT2D eigenvalue weighted by molar-refractivity contribution is -0.131. The zero-order chi connectivity index (χ0) is 17.8. The predicted molar refractivity (Wildman–Crippen MR) is 104 cm³/mol. The van der Waals surface area contributed by atoms with Crippen molar-refractivity contribution >= 4 is 27.5 Å². The maximum absolute atomic E-state index is 12.5. The Morgan fingerprint density at radius 2 is 1.80 bits per heavy atom. The number of likely N-dealkylation sites (N-methyl/N-ethyl adjacent to an activating group) is 1. The minimum atomic E-state index is -0.0428. The van der Waals surface area contributed by atoms with Gasteiger partial charge in [0.1, 0.15) is 5.01 Å². The number of hydrogen-bond donors (Lipinski definition) is 1. The molecule has 0 bridgehead atoms. The molecule has 4 nitrogen and oxygen atoms in total. The van der Waals surface area contributed by atoms with Gasteiger partial charge in [0, 0.05) is 13.1 Å². The fourth-order valence-corrected chi connectivity index (χ4v) is 3.74. The number of benzene rings is 2. The third-order valence-electron chi connectivity index (χ3n) is 4.50. The van der Waals surface area contributed by atoms with Gasteiger partial charge in [0.25, 0.3) is 0 Å². The molecule has 1 N–H and O–H groups in total. The molecule has 1 heterocycles. The van der Waals surface area contributed by atoms with Crippen LogP contribution in [0.3, 0.4) is 0 Å². The summed E-state index contributed by atoms with van der Waals surface area (Å²) in [7, 11) is 1.84. The Morgan fingerprint density at radius 3 is 2.52 bits per heavy atom. The monoisotopic (exact) mass is 353 g/mol. The van der Waals surface area contributed by atoms with Crippen LogP contribution in [0.1, 0.15) is 36.5 Å². The first-order chi connectivity index (χ1) is 12.1. The van der Waals surface area contributed by atoms with Gasteiger partial charge in [-0.3, -0.25) is 4.79 Å². The summed E-state index contributed by atoms with van der Waals surface area (Å²) in [5.41, 5.74) is 2.17. The zero-order valence-corrected chi connectivity index (χ0v) is 15.6. The lowest BCUT2D eigenvalue weighted by Gasteiger charge is -2.24. The first kappa shape index (κ1) is 17.6. The molecular formula is C20H23N3OS. The molecule has 3 aromatic rings. The fourth-order valence-electron chi connectivity index (χ4n) is 2.68. The Bertz CT molecular complexity index is 813. The van der Waals surface area contributed by atoms with Crippen LogP contribution in [0.25, 0.3) is 10.2 Å². The Labute approximate surface area is 152 Å². The summed E-state index contributed by atoms with van der Waals surface area (Å²) in [6.45, 7) is 4.40. The van der Waals surface area contributed by atoms with Gasteiger partial charge < -0.3 is 10.2 Å². The van der Waals surface area contributed by atoms with Crippen molar-refractivity contribution in [2.24, 2.45) is 0 Å². The molecule has 1 aromatic heterocycles. The molecule has 25 heavy (non-hydrogen) atoms. The third kappa shape index (κ3) is 4.06. The average molecular weight is 353 g/mol. The number of nitrogens with zero attached hydrogens (tertiary/aromatic N) is 2. The smallest absolute Gasteiger partial charge is 0.236 e. The summed E-state index contributed by atoms with van der Waals surface area (Å²) < 4.78 is 1.15. The molecule has 130 valence electrons. The van der Waals surface area contributed by atoms with Crippen molar-refractivity contribution in [3.63, 3.8) is 0 Å². The van der Waals surface area contributed by atoms with Gasteiger partial charge in [-0.05, 0) is 31.5 Å². The van der Waals surface area contributed by atoms with E-state index in [1.54, 1.807) is 16.2 Å². The molecule has 0 fully saturated rings. The van der Waals surface area contributed by atoms with Gasteiger partial charge in [-0.1, -0.05) is 42.5 Å². The van der Waals surface area contributed by atoms with Gasteiger partial charge in [-0.2, -0.15) is 0 Å². The second-order valence-electron chi connectivity index (χ2n) is 6.21. The van der Waals surface area contributed by atoms with E-state index in [0.717, 1.165) is 15.2 Å². The molecule has 2 aromatic carbocycles. The van der Waals surface area contributed by atoms with Gasteiger partial charge in [-0.15, -0.1) is 11.3 Å². The van der Waals surface area contributed by atoms with Gasteiger partial charge >= 0.3 is 0 Å². The molecule has 0 unspecified atom stereocenters. The minimum Gasteiger partial charge on any atom is -0.335 e. The van der Waals surface area contributed by atoms with Crippen molar-refractivity contribution in [1.29, 1.82) is 0 Å². The summed E-state index contributed by atoms with van der Waals surface area (Å²) in [4.78, 5) is 19.0. The predicted octanol–water partition coefficient (Wildman–Crippen LogP) is 4.17. The van der Waals surface area contributed by atoms with Crippen LogP contribution in [0.2, 0.25) is 0 Å². The molecule has 0 aliphatic heterocycles. The van der Waals surface area contributed by atoms with Gasteiger partial charge in [0.05, 0.1) is 22.8 Å². The summed E-state index contributed by atoms with van der Waals surface area (Å²) in [5, 5.41) is 4.27. The number of fused-ring (bicyclic) bond motifs is 1. The van der Waals surface area contributed by atoms with Crippen molar-refractivity contribution in [1.82, 2.24) is 15.2 Å². The maximum atomic E-state index is 12.5. The Kier molecular flexibility index (Phi) is 5.46. The number of thiazole rings is 1. The van der Waals surface area contributed by atoms with E-state index in [-0.39, 0.29) is 18.0 Å². The highest BCUT2D eigenvalue weighted by atomic mass is 32.1. The SMILES string of the molecule is C[C@@H](NCC(=O)N(C)[C@@H](C)c1nc2ccccc2s1)c1ccccc1. The lowest BCUT2D eigenvalue weighted by atomic mass is 10.1. The molecule has 0 saturated heterocycles. The minimum absolute atomic E-state index is 0.0428. The van der Waals surface area contributed by atoms with E-state index < -0.39 is 0 Å². The molecule has 0 aliphatic carbocycles. The summed E-state index contributed by atoms with van der Waals surface area (Å²) >= 11 is 1.65. The van der Waals surface area contributed by atoms with Crippen molar-refractivity contribution in [2.75, 3.05) is 13.6 Å². The Morgan fingerprint density at radius 1 is 1.12 bits per heavy atom. The van der Waals surface area contributed by atoms with Crippen LogP contribution in [0, 0.1) is 0 Å². The number of nitrogens with one attached hydrogen (secondary N) is 1. The van der Waals surface area contributed by atoms with Crippen molar-refractivity contribution in [2.45, 2.75) is 25.9 Å². The van der Waals surface area contributed by atoms with E-state index in [1.807, 2.05) is 50.4 Å². The summed E-state index contributed by atoms with van der Waals surface area (Å²) in [6, 6.07) is 18.3. The Balaban J connectivity index is 1.61. The number of amides is 1. The van der Waals surface area contributed by atoms with Crippen molar-refractivity contribution in [3.8, 4) is 0 Å². The van der Waals surface area contributed by atoms with E-state index in [0.29, 0.717) is 6.54 Å². The maximum Gasteiger partial charge on any atom is 0.236 e. The standard InChI is InChI=1S/C20H23N3OS/c1-14(16-9-5-4-6-10-16)21-13-19(24)23(3)15(2)20-22-17-11-7-8-12-18(17)25-20/h4-12,14-15,21H,13H2,1-3H3/t14-,15+/m1/s1. The summed E-state index contributed by atoms with van der Waals surface area (Å²) in [5.74, 6) is 0.0644. The fraction of sp³-hybridized carbons (Fsp3) is 0.300. The number of para-hydroxylation sites is 1. The van der Waals surface area contributed by atoms with Crippen LogP contribution in [-0.2, 0) is 4.79 Å². The second kappa shape index (κ2) is 7.76. The quantitative estimate of drug-likeness (QED) is 0.723. The van der Waals surface area contributed by atoms with Crippen LogP contribution in [0.5, 0.6) is 0 Å². The number of carbonyl (C=O) groups is 1. The molecular weight excluding hydrogens is 330 g/mol. The molecule has 5 heteroatoms. The van der Waals surface area contributed by atoms with E-state index in [4.69, 9.17) is 0 Å². The number of rotatable bonds is 6. The molecule has 3 rings (SSSR count). The van der Waals surface area contributed by atoms with Crippen LogP contribution < -0.4 is 5.32 Å². The second-order valence-corrected chi connectivity index (χ2v) is 7.28. The molecule has 1 amide bonds. The van der Waals surface area contributed by atoms with Gasteiger partial charge in [-0.25, -0.2) is 4.98 Å². The lowest BCUT2D eigenvalue weighted by Crippen LogP contribution is -2.37. The van der Waals surface area contributed by atoms with Crippen molar-refractivity contribution in [3.05, 3.63) is 65.2 Å². The number of aromatic nitrogens is 1. The molecule has 0 radical (unpaired) electrons. The topological polar surface area (TPSA) is 45.2 Å². The van der Waals surface area contributed by atoms with Crippen LogP contribution in [0.4, 0.5) is 0 Å². The average Bonchev–Trinajstić information content (AvgIpc) is 3.09. The van der Waals surface area contributed by atoms with Gasteiger partial charge in [0.2, 0.25) is 5.91 Å². The van der Waals surface area contributed by atoms with E-state index in [2.05, 4.69) is 35.4 Å². The van der Waals surface area contributed by atoms with E-state index in [9.17, 15) is 4.79 Å². The first-order valence-electron chi connectivity index (χ1n) is 8.45. The van der Waals surface area contributed by atoms with Crippen molar-refractivity contribution < 1.29 is 4.79 Å². The molecule has 0 aliphatic rings. The van der Waals surface area contributed by atoms with Crippen LogP contribution in [-0.4, -0.2) is 29.4 Å². The van der Waals surface area contributed by atoms with Gasteiger partial charge in [0.15, 0.2) is 0 Å². The largest absolute Gasteiger partial charge is 0.335 e. The Hall–Kier alpha value is -2.24. The highest BCUT2D eigenvalue weighted by molar-refractivity contribution is 7.18.